The summed E-state index contributed by atoms with van der Waals surface area (Å²) < 4.78 is 46.0. The lowest BCUT2D eigenvalue weighted by Crippen LogP contribution is -2.31. The molecule has 2 heterocycles. The highest BCUT2D eigenvalue weighted by Gasteiger charge is 2.34. The third-order valence-electron chi connectivity index (χ3n) is 5.12. The molecule has 0 atom stereocenters. The van der Waals surface area contributed by atoms with Gasteiger partial charge in [-0.2, -0.15) is 18.4 Å². The summed E-state index contributed by atoms with van der Waals surface area (Å²) in [5, 5.41) is 13.4. The van der Waals surface area contributed by atoms with Crippen molar-refractivity contribution in [3.8, 4) is 17.3 Å². The standard InChI is InChI=1S/C24H17F3N4O2/c1-15-21-18(23(32)31(12-11-28)14-16-7-3-2-4-8-16)13-20(29-22(21)33-30-15)17-9-5-6-10-19(17)24(25,26)27/h2-10,13H,12,14H2,1H3. The van der Waals surface area contributed by atoms with Crippen LogP contribution in [0.3, 0.4) is 0 Å². The van der Waals surface area contributed by atoms with E-state index >= 15 is 0 Å². The number of carbonyl (C=O) groups is 1. The van der Waals surface area contributed by atoms with Crippen LogP contribution in [0.1, 0.15) is 27.2 Å². The van der Waals surface area contributed by atoms with Crippen molar-refractivity contribution in [3.63, 3.8) is 0 Å². The number of hydrogen-bond acceptors (Lipinski definition) is 5. The zero-order valence-electron chi connectivity index (χ0n) is 17.4. The maximum Gasteiger partial charge on any atom is 0.417 e. The van der Waals surface area contributed by atoms with E-state index in [1.54, 1.807) is 6.92 Å². The van der Waals surface area contributed by atoms with Crippen LogP contribution in [-0.4, -0.2) is 27.5 Å². The number of carbonyl (C=O) groups excluding carboxylic acids is 1. The van der Waals surface area contributed by atoms with E-state index in [4.69, 9.17) is 4.52 Å². The Morgan fingerprint density at radius 1 is 1.12 bits per heavy atom. The lowest BCUT2D eigenvalue weighted by atomic mass is 10.00. The summed E-state index contributed by atoms with van der Waals surface area (Å²) in [6.45, 7) is 1.55. The minimum atomic E-state index is -4.62. The summed E-state index contributed by atoms with van der Waals surface area (Å²) >= 11 is 0. The Balaban J connectivity index is 1.86. The number of hydrogen-bond donors (Lipinski definition) is 0. The molecule has 0 spiro atoms. The predicted octanol–water partition coefficient (Wildman–Crippen LogP) is 5.38. The molecule has 0 aliphatic carbocycles. The molecule has 0 N–H and O–H groups in total. The minimum absolute atomic E-state index is 0.0538. The van der Waals surface area contributed by atoms with Gasteiger partial charge in [0.05, 0.1) is 34.0 Å². The van der Waals surface area contributed by atoms with Crippen LogP contribution in [0.4, 0.5) is 13.2 Å². The first-order chi connectivity index (χ1) is 15.8. The normalized spacial score (nSPS) is 11.4. The first kappa shape index (κ1) is 22.0. The number of aryl methyl sites for hydroxylation is 1. The van der Waals surface area contributed by atoms with Crippen molar-refractivity contribution in [1.82, 2.24) is 15.0 Å². The number of halogens is 3. The van der Waals surface area contributed by atoms with Crippen molar-refractivity contribution < 1.29 is 22.5 Å². The molecule has 4 rings (SSSR count). The fraction of sp³-hybridized carbons (Fsp3) is 0.167. The topological polar surface area (TPSA) is 83.0 Å². The average molecular weight is 450 g/mol. The molecular weight excluding hydrogens is 433 g/mol. The van der Waals surface area contributed by atoms with Gasteiger partial charge in [0.2, 0.25) is 0 Å². The maximum absolute atomic E-state index is 13.6. The number of aromatic nitrogens is 2. The second-order valence-electron chi connectivity index (χ2n) is 7.35. The summed E-state index contributed by atoms with van der Waals surface area (Å²) in [5.41, 5.74) is 0.0316. The van der Waals surface area contributed by atoms with E-state index in [-0.39, 0.29) is 35.6 Å². The highest BCUT2D eigenvalue weighted by atomic mass is 19.4. The van der Waals surface area contributed by atoms with Gasteiger partial charge in [0.25, 0.3) is 11.6 Å². The number of fused-ring (bicyclic) bond motifs is 1. The molecule has 2 aromatic carbocycles. The molecule has 0 aliphatic heterocycles. The average Bonchev–Trinajstić information content (AvgIpc) is 3.18. The first-order valence-corrected chi connectivity index (χ1v) is 9.93. The van der Waals surface area contributed by atoms with Gasteiger partial charge in [-0.3, -0.25) is 4.79 Å². The zero-order chi connectivity index (χ0) is 23.6. The van der Waals surface area contributed by atoms with E-state index in [0.29, 0.717) is 11.1 Å². The van der Waals surface area contributed by atoms with E-state index in [1.807, 2.05) is 36.4 Å². The Hall–Kier alpha value is -4.19. The number of nitrogens with zero attached hydrogens (tertiary/aromatic N) is 4. The van der Waals surface area contributed by atoms with Crippen LogP contribution in [0.5, 0.6) is 0 Å². The lowest BCUT2D eigenvalue weighted by molar-refractivity contribution is -0.137. The van der Waals surface area contributed by atoms with Crippen molar-refractivity contribution in [1.29, 1.82) is 5.26 Å². The number of amides is 1. The van der Waals surface area contributed by atoms with Crippen LogP contribution < -0.4 is 0 Å². The minimum Gasteiger partial charge on any atom is -0.335 e. The smallest absolute Gasteiger partial charge is 0.335 e. The highest BCUT2D eigenvalue weighted by Crippen LogP contribution is 2.37. The third kappa shape index (κ3) is 4.41. The van der Waals surface area contributed by atoms with Gasteiger partial charge in [-0.15, -0.1) is 0 Å². The molecule has 0 fully saturated rings. The largest absolute Gasteiger partial charge is 0.417 e. The zero-order valence-corrected chi connectivity index (χ0v) is 17.4. The Morgan fingerprint density at radius 3 is 2.52 bits per heavy atom. The predicted molar refractivity (Wildman–Crippen MR) is 114 cm³/mol. The molecule has 0 unspecified atom stereocenters. The van der Waals surface area contributed by atoms with Gasteiger partial charge in [0.15, 0.2) is 0 Å². The van der Waals surface area contributed by atoms with Crippen LogP contribution >= 0.6 is 0 Å². The van der Waals surface area contributed by atoms with Crippen molar-refractivity contribution in [3.05, 3.63) is 83.0 Å². The van der Waals surface area contributed by atoms with Crippen LogP contribution in [0.2, 0.25) is 0 Å². The van der Waals surface area contributed by atoms with Gasteiger partial charge in [-0.25, -0.2) is 4.98 Å². The van der Waals surface area contributed by atoms with E-state index in [1.165, 1.54) is 29.2 Å². The van der Waals surface area contributed by atoms with E-state index in [0.717, 1.165) is 11.6 Å². The quantitative estimate of drug-likeness (QED) is 0.381. The molecule has 33 heavy (non-hydrogen) atoms. The molecule has 0 radical (unpaired) electrons. The maximum atomic E-state index is 13.6. The Kier molecular flexibility index (Phi) is 5.84. The molecule has 166 valence electrons. The number of alkyl halides is 3. The SMILES string of the molecule is Cc1noc2nc(-c3ccccc3C(F)(F)F)cc(C(=O)N(CC#N)Cc3ccccc3)c12. The van der Waals surface area contributed by atoms with Gasteiger partial charge in [-0.1, -0.05) is 53.7 Å². The second kappa shape index (κ2) is 8.74. The van der Waals surface area contributed by atoms with E-state index < -0.39 is 17.6 Å². The molecular formula is C24H17F3N4O2. The van der Waals surface area contributed by atoms with E-state index in [9.17, 15) is 23.2 Å². The second-order valence-corrected chi connectivity index (χ2v) is 7.35. The fourth-order valence-electron chi connectivity index (χ4n) is 3.61. The van der Waals surface area contributed by atoms with Crippen molar-refractivity contribution >= 4 is 17.0 Å². The third-order valence-corrected chi connectivity index (χ3v) is 5.12. The molecule has 0 bridgehead atoms. The Morgan fingerprint density at radius 2 is 1.82 bits per heavy atom. The van der Waals surface area contributed by atoms with Crippen LogP contribution in [-0.2, 0) is 12.7 Å². The van der Waals surface area contributed by atoms with Gasteiger partial charge in [-0.05, 0) is 24.6 Å². The van der Waals surface area contributed by atoms with Crippen molar-refractivity contribution in [2.24, 2.45) is 0 Å². The summed E-state index contributed by atoms with van der Waals surface area (Å²) in [7, 11) is 0. The molecule has 9 heteroatoms. The molecule has 1 amide bonds. The number of pyridine rings is 1. The van der Waals surface area contributed by atoms with Crippen LogP contribution in [0, 0.1) is 18.3 Å². The van der Waals surface area contributed by atoms with Crippen molar-refractivity contribution in [2.45, 2.75) is 19.6 Å². The Labute approximate surface area is 186 Å². The molecule has 0 saturated carbocycles. The van der Waals surface area contributed by atoms with Crippen LogP contribution in [0.15, 0.2) is 65.2 Å². The molecule has 6 nitrogen and oxygen atoms in total. The van der Waals surface area contributed by atoms with Crippen molar-refractivity contribution in [2.75, 3.05) is 6.54 Å². The van der Waals surface area contributed by atoms with Gasteiger partial charge >= 0.3 is 6.18 Å². The molecule has 0 saturated heterocycles. The van der Waals surface area contributed by atoms with Gasteiger partial charge < -0.3 is 9.42 Å². The summed E-state index contributed by atoms with van der Waals surface area (Å²) in [5.74, 6) is -0.537. The molecule has 2 aromatic heterocycles. The number of benzene rings is 2. The summed E-state index contributed by atoms with van der Waals surface area (Å²) in [6, 6.07) is 17.3. The summed E-state index contributed by atoms with van der Waals surface area (Å²) in [4.78, 5) is 19.0. The number of rotatable bonds is 5. The van der Waals surface area contributed by atoms with Gasteiger partial charge in [0, 0.05) is 12.1 Å². The molecule has 4 aromatic rings. The highest BCUT2D eigenvalue weighted by molar-refractivity contribution is 6.07. The Bertz CT molecular complexity index is 1360. The van der Waals surface area contributed by atoms with Gasteiger partial charge in [0.1, 0.15) is 6.54 Å². The first-order valence-electron chi connectivity index (χ1n) is 9.93. The van der Waals surface area contributed by atoms with Crippen LogP contribution in [0.25, 0.3) is 22.4 Å². The summed E-state index contributed by atoms with van der Waals surface area (Å²) in [6.07, 6.45) is -4.62. The number of nitriles is 1. The molecule has 0 aliphatic rings. The monoisotopic (exact) mass is 450 g/mol. The fourth-order valence-corrected chi connectivity index (χ4v) is 3.61. The lowest BCUT2D eigenvalue weighted by Gasteiger charge is -2.21. The van der Waals surface area contributed by atoms with E-state index in [2.05, 4.69) is 10.1 Å².